The summed E-state index contributed by atoms with van der Waals surface area (Å²) < 4.78 is 11.1. The lowest BCUT2D eigenvalue weighted by atomic mass is 10.1. The van der Waals surface area contributed by atoms with Gasteiger partial charge in [0.25, 0.3) is 5.91 Å². The van der Waals surface area contributed by atoms with Crippen molar-refractivity contribution in [2.75, 3.05) is 44.9 Å². The molecule has 5 heteroatoms. The van der Waals surface area contributed by atoms with Crippen LogP contribution in [0.1, 0.15) is 36.2 Å². The lowest BCUT2D eigenvalue weighted by Gasteiger charge is -2.29. The van der Waals surface area contributed by atoms with Crippen molar-refractivity contribution in [3.05, 3.63) is 59.7 Å². The van der Waals surface area contributed by atoms with Crippen LogP contribution in [-0.4, -0.2) is 50.8 Å². The largest absolute Gasteiger partial charge is 0.494 e. The third-order valence-electron chi connectivity index (χ3n) is 5.14. The van der Waals surface area contributed by atoms with E-state index in [2.05, 4.69) is 43.0 Å². The molecule has 156 valence electrons. The van der Waals surface area contributed by atoms with E-state index in [1.165, 1.54) is 5.69 Å². The molecular weight excluding hydrogens is 364 g/mol. The molecule has 1 aliphatic rings. The number of carbonyl (C=O) groups excluding carboxylic acids is 1. The van der Waals surface area contributed by atoms with Gasteiger partial charge in [-0.25, -0.2) is 0 Å². The van der Waals surface area contributed by atoms with Gasteiger partial charge in [-0.15, -0.1) is 0 Å². The van der Waals surface area contributed by atoms with Crippen molar-refractivity contribution in [3.8, 4) is 5.75 Å². The zero-order chi connectivity index (χ0) is 20.6. The van der Waals surface area contributed by atoms with E-state index in [1.54, 1.807) is 4.90 Å². The Morgan fingerprint density at radius 3 is 2.34 bits per heavy atom. The van der Waals surface area contributed by atoms with Crippen LogP contribution in [0.3, 0.4) is 0 Å². The minimum absolute atomic E-state index is 0.0102. The molecule has 0 saturated carbocycles. The first-order valence-corrected chi connectivity index (χ1v) is 10.4. The average molecular weight is 397 g/mol. The summed E-state index contributed by atoms with van der Waals surface area (Å²) in [7, 11) is 1.84. The standard InChI is InChI=1S/C24H32N2O3/c1-19(2)12-15-29-23-10-6-21(7-11-23)24(27)25(3)18-20-4-8-22(9-5-20)26-13-16-28-17-14-26/h4-11,19H,12-18H2,1-3H3. The highest BCUT2D eigenvalue weighted by atomic mass is 16.5. The molecule has 1 aliphatic heterocycles. The van der Waals surface area contributed by atoms with Crippen LogP contribution in [0.25, 0.3) is 0 Å². The van der Waals surface area contributed by atoms with Crippen LogP contribution < -0.4 is 9.64 Å². The lowest BCUT2D eigenvalue weighted by Crippen LogP contribution is -2.36. The first-order chi connectivity index (χ1) is 14.0. The van der Waals surface area contributed by atoms with Gasteiger partial charge < -0.3 is 19.3 Å². The summed E-state index contributed by atoms with van der Waals surface area (Å²) in [5.41, 5.74) is 3.00. The third kappa shape index (κ3) is 6.23. The number of nitrogens with zero attached hydrogens (tertiary/aromatic N) is 2. The number of carbonyl (C=O) groups is 1. The van der Waals surface area contributed by atoms with E-state index < -0.39 is 0 Å². The lowest BCUT2D eigenvalue weighted by molar-refractivity contribution is 0.0785. The maximum absolute atomic E-state index is 12.7. The molecule has 1 fully saturated rings. The molecule has 0 radical (unpaired) electrons. The van der Waals surface area contributed by atoms with Crippen molar-refractivity contribution in [1.82, 2.24) is 4.90 Å². The van der Waals surface area contributed by atoms with Gasteiger partial charge in [-0.3, -0.25) is 4.79 Å². The van der Waals surface area contributed by atoms with Crippen LogP contribution >= 0.6 is 0 Å². The molecule has 0 atom stereocenters. The fourth-order valence-electron chi connectivity index (χ4n) is 3.31. The Balaban J connectivity index is 1.53. The molecule has 0 aliphatic carbocycles. The van der Waals surface area contributed by atoms with E-state index in [1.807, 2.05) is 31.3 Å². The summed E-state index contributed by atoms with van der Waals surface area (Å²) in [5, 5.41) is 0. The minimum Gasteiger partial charge on any atom is -0.494 e. The van der Waals surface area contributed by atoms with Gasteiger partial charge >= 0.3 is 0 Å². The van der Waals surface area contributed by atoms with Crippen molar-refractivity contribution in [1.29, 1.82) is 0 Å². The van der Waals surface area contributed by atoms with Gasteiger partial charge in [0.2, 0.25) is 0 Å². The van der Waals surface area contributed by atoms with E-state index >= 15 is 0 Å². The summed E-state index contributed by atoms with van der Waals surface area (Å²) in [6, 6.07) is 15.9. The van der Waals surface area contributed by atoms with Gasteiger partial charge in [0.15, 0.2) is 0 Å². The number of morpholine rings is 1. The summed E-state index contributed by atoms with van der Waals surface area (Å²) in [6.45, 7) is 9.04. The van der Waals surface area contributed by atoms with Crippen LogP contribution in [0.2, 0.25) is 0 Å². The van der Waals surface area contributed by atoms with Crippen molar-refractivity contribution >= 4 is 11.6 Å². The smallest absolute Gasteiger partial charge is 0.253 e. The maximum Gasteiger partial charge on any atom is 0.253 e. The maximum atomic E-state index is 12.7. The first kappa shape index (κ1) is 21.2. The SMILES string of the molecule is CC(C)CCOc1ccc(C(=O)N(C)Cc2ccc(N3CCOCC3)cc2)cc1. The Morgan fingerprint density at radius 1 is 1.07 bits per heavy atom. The van der Waals surface area contributed by atoms with E-state index in [0.717, 1.165) is 44.0 Å². The second-order valence-corrected chi connectivity index (χ2v) is 7.98. The molecule has 1 saturated heterocycles. The number of amides is 1. The Labute approximate surface area is 174 Å². The minimum atomic E-state index is 0.0102. The number of rotatable bonds is 8. The zero-order valence-corrected chi connectivity index (χ0v) is 17.8. The summed E-state index contributed by atoms with van der Waals surface area (Å²) >= 11 is 0. The second-order valence-electron chi connectivity index (χ2n) is 7.98. The average Bonchev–Trinajstić information content (AvgIpc) is 2.74. The van der Waals surface area contributed by atoms with Gasteiger partial charge in [0.05, 0.1) is 19.8 Å². The molecule has 3 rings (SSSR count). The summed E-state index contributed by atoms with van der Waals surface area (Å²) in [4.78, 5) is 16.8. The van der Waals surface area contributed by atoms with Crippen molar-refractivity contribution < 1.29 is 14.3 Å². The number of anilines is 1. The molecular formula is C24H32N2O3. The van der Waals surface area contributed by atoms with Crippen LogP contribution in [-0.2, 0) is 11.3 Å². The zero-order valence-electron chi connectivity index (χ0n) is 17.8. The Hall–Kier alpha value is -2.53. The molecule has 5 nitrogen and oxygen atoms in total. The van der Waals surface area contributed by atoms with Crippen molar-refractivity contribution in [3.63, 3.8) is 0 Å². The Kier molecular flexibility index (Phi) is 7.53. The van der Waals surface area contributed by atoms with E-state index in [-0.39, 0.29) is 5.91 Å². The number of hydrogen-bond acceptors (Lipinski definition) is 4. The molecule has 0 unspecified atom stereocenters. The summed E-state index contributed by atoms with van der Waals surface area (Å²) in [6.07, 6.45) is 1.02. The molecule has 1 amide bonds. The highest BCUT2D eigenvalue weighted by Crippen LogP contribution is 2.19. The first-order valence-electron chi connectivity index (χ1n) is 10.4. The van der Waals surface area contributed by atoms with E-state index in [0.29, 0.717) is 24.6 Å². The van der Waals surface area contributed by atoms with Crippen LogP contribution in [0.15, 0.2) is 48.5 Å². The van der Waals surface area contributed by atoms with E-state index in [4.69, 9.17) is 9.47 Å². The monoisotopic (exact) mass is 396 g/mol. The van der Waals surface area contributed by atoms with E-state index in [9.17, 15) is 4.79 Å². The third-order valence-corrected chi connectivity index (χ3v) is 5.14. The molecule has 0 bridgehead atoms. The molecule has 2 aromatic carbocycles. The van der Waals surface area contributed by atoms with Crippen molar-refractivity contribution in [2.24, 2.45) is 5.92 Å². The van der Waals surface area contributed by atoms with Gasteiger partial charge in [-0.1, -0.05) is 26.0 Å². The highest BCUT2D eigenvalue weighted by molar-refractivity contribution is 5.94. The molecule has 0 spiro atoms. The van der Waals surface area contributed by atoms with Gasteiger partial charge in [-0.05, 0) is 54.3 Å². The van der Waals surface area contributed by atoms with Gasteiger partial charge in [0, 0.05) is 37.9 Å². The molecule has 0 N–H and O–H groups in total. The topological polar surface area (TPSA) is 42.0 Å². The summed E-state index contributed by atoms with van der Waals surface area (Å²) in [5.74, 6) is 1.44. The second kappa shape index (κ2) is 10.3. The predicted molar refractivity (Wildman–Crippen MR) is 117 cm³/mol. The Morgan fingerprint density at radius 2 is 1.72 bits per heavy atom. The number of hydrogen-bond donors (Lipinski definition) is 0. The molecule has 1 heterocycles. The predicted octanol–water partition coefficient (Wildman–Crippen LogP) is 4.22. The Bertz CT molecular complexity index is 766. The molecule has 2 aromatic rings. The quantitative estimate of drug-likeness (QED) is 0.670. The van der Waals surface area contributed by atoms with Crippen molar-refractivity contribution in [2.45, 2.75) is 26.8 Å². The van der Waals surface area contributed by atoms with Crippen LogP contribution in [0.4, 0.5) is 5.69 Å². The normalized spacial score (nSPS) is 14.1. The fourth-order valence-corrected chi connectivity index (χ4v) is 3.31. The fraction of sp³-hybridized carbons (Fsp3) is 0.458. The van der Waals surface area contributed by atoms with Crippen LogP contribution in [0.5, 0.6) is 5.75 Å². The number of benzene rings is 2. The highest BCUT2D eigenvalue weighted by Gasteiger charge is 2.14. The molecule has 0 aromatic heterocycles. The van der Waals surface area contributed by atoms with Crippen LogP contribution in [0, 0.1) is 5.92 Å². The van der Waals surface area contributed by atoms with Gasteiger partial charge in [-0.2, -0.15) is 0 Å². The number of ether oxygens (including phenoxy) is 2. The molecule has 29 heavy (non-hydrogen) atoms. The van der Waals surface area contributed by atoms with Gasteiger partial charge in [0.1, 0.15) is 5.75 Å².